The number of hydrogen-bond acceptors (Lipinski definition) is 4. The zero-order valence-electron chi connectivity index (χ0n) is 11.2. The van der Waals surface area contributed by atoms with Crippen molar-refractivity contribution in [2.75, 3.05) is 12.5 Å². The van der Waals surface area contributed by atoms with Crippen molar-refractivity contribution in [3.63, 3.8) is 0 Å². The Morgan fingerprint density at radius 3 is 2.60 bits per heavy atom. The number of aromatic amines is 1. The van der Waals surface area contributed by atoms with E-state index in [9.17, 15) is 4.21 Å². The van der Waals surface area contributed by atoms with Gasteiger partial charge in [-0.15, -0.1) is 5.10 Å². The molecule has 1 heterocycles. The topological polar surface area (TPSA) is 71.0 Å². The molecule has 0 amide bonds. The van der Waals surface area contributed by atoms with Gasteiger partial charge in [0.2, 0.25) is 0 Å². The van der Waals surface area contributed by atoms with Gasteiger partial charge in [0.25, 0.3) is 5.95 Å². The molecule has 0 fully saturated rings. The normalized spacial score (nSPS) is 11.7. The van der Waals surface area contributed by atoms with Crippen molar-refractivity contribution in [1.82, 2.24) is 15.2 Å². The van der Waals surface area contributed by atoms with Gasteiger partial charge in [-0.1, -0.05) is 36.4 Å². The molecule has 5 nitrogen and oxygen atoms in total. The summed E-state index contributed by atoms with van der Waals surface area (Å²) < 4.78 is 15.6. The van der Waals surface area contributed by atoms with Gasteiger partial charge in [-0.3, -0.25) is 5.10 Å². The van der Waals surface area contributed by atoms with Gasteiger partial charge in [0.15, 0.2) is 5.82 Å². The van der Waals surface area contributed by atoms with Crippen LogP contribution in [0.15, 0.2) is 46.8 Å². The summed E-state index contributed by atoms with van der Waals surface area (Å²) >= 11 is 0. The average Bonchev–Trinajstić information content (AvgIpc) is 2.84. The van der Waals surface area contributed by atoms with Crippen molar-refractivity contribution in [3.05, 3.63) is 42.5 Å². The molecular weight excluding hydrogens is 272 g/mol. The minimum absolute atomic E-state index is 0.225. The van der Waals surface area contributed by atoms with Crippen LogP contribution in [0.2, 0.25) is 0 Å². The van der Waals surface area contributed by atoms with Gasteiger partial charge in [-0.2, -0.15) is 9.35 Å². The van der Waals surface area contributed by atoms with Crippen molar-refractivity contribution in [2.24, 2.45) is 4.36 Å². The van der Waals surface area contributed by atoms with Crippen LogP contribution >= 0.6 is 0 Å². The standard InChI is InChI=1S/C14H14N4OS/c1-20(2,19)18-14-15-13(16-17-14)12-8-7-10-5-3-4-6-11(10)9-12/h3-9H,1-2H3,(H,15,16,17). The number of benzene rings is 2. The van der Waals surface area contributed by atoms with Gasteiger partial charge < -0.3 is 0 Å². The molecule has 20 heavy (non-hydrogen) atoms. The predicted octanol–water partition coefficient (Wildman–Crippen LogP) is 2.98. The second-order valence-electron chi connectivity index (χ2n) is 4.82. The highest BCUT2D eigenvalue weighted by Gasteiger charge is 2.06. The minimum atomic E-state index is -2.25. The van der Waals surface area contributed by atoms with Gasteiger partial charge in [0.05, 0.1) is 0 Å². The molecule has 0 spiro atoms. The van der Waals surface area contributed by atoms with Crippen LogP contribution in [-0.4, -0.2) is 31.9 Å². The Balaban J connectivity index is 2.05. The van der Waals surface area contributed by atoms with Gasteiger partial charge >= 0.3 is 0 Å². The molecule has 1 aromatic heterocycles. The first-order valence-electron chi connectivity index (χ1n) is 6.10. The van der Waals surface area contributed by atoms with Gasteiger partial charge in [0.1, 0.15) is 0 Å². The third kappa shape index (κ3) is 2.70. The van der Waals surface area contributed by atoms with E-state index in [0.29, 0.717) is 5.82 Å². The quantitative estimate of drug-likeness (QED) is 0.787. The largest absolute Gasteiger partial charge is 0.276 e. The Hall–Kier alpha value is -2.21. The van der Waals surface area contributed by atoms with Crippen LogP contribution in [0.5, 0.6) is 0 Å². The van der Waals surface area contributed by atoms with Crippen LogP contribution in [0.4, 0.5) is 5.95 Å². The fraction of sp³-hybridized carbons (Fsp3) is 0.143. The summed E-state index contributed by atoms with van der Waals surface area (Å²) in [4.78, 5) is 4.26. The Morgan fingerprint density at radius 1 is 1.10 bits per heavy atom. The number of aromatic nitrogens is 3. The van der Waals surface area contributed by atoms with E-state index in [1.165, 1.54) is 5.39 Å². The van der Waals surface area contributed by atoms with E-state index in [2.05, 4.69) is 25.6 Å². The maximum atomic E-state index is 11.6. The van der Waals surface area contributed by atoms with Crippen molar-refractivity contribution in [2.45, 2.75) is 0 Å². The van der Waals surface area contributed by atoms with Crippen molar-refractivity contribution in [1.29, 1.82) is 0 Å². The number of fused-ring (bicyclic) bond motifs is 1. The van der Waals surface area contributed by atoms with Crippen molar-refractivity contribution in [3.8, 4) is 11.4 Å². The van der Waals surface area contributed by atoms with E-state index in [1.54, 1.807) is 12.5 Å². The molecule has 3 rings (SSSR count). The summed E-state index contributed by atoms with van der Waals surface area (Å²) in [5.74, 6) is 0.848. The number of nitrogens with one attached hydrogen (secondary N) is 1. The Bertz CT molecular complexity index is 883. The molecule has 0 aliphatic rings. The zero-order chi connectivity index (χ0) is 14.2. The van der Waals surface area contributed by atoms with Gasteiger partial charge in [-0.25, -0.2) is 4.21 Å². The monoisotopic (exact) mass is 286 g/mol. The average molecular weight is 286 g/mol. The second kappa shape index (κ2) is 4.72. The van der Waals surface area contributed by atoms with E-state index in [4.69, 9.17) is 0 Å². The molecule has 0 bridgehead atoms. The molecular formula is C14H14N4OS. The summed E-state index contributed by atoms with van der Waals surface area (Å²) in [5.41, 5.74) is 0.927. The Kier molecular flexibility index (Phi) is 3.02. The van der Waals surface area contributed by atoms with E-state index in [0.717, 1.165) is 10.9 Å². The molecule has 0 aliphatic heterocycles. The minimum Gasteiger partial charge on any atom is -0.257 e. The summed E-state index contributed by atoms with van der Waals surface area (Å²) in [6.45, 7) is 0. The van der Waals surface area contributed by atoms with Crippen LogP contribution < -0.4 is 0 Å². The molecule has 6 heteroatoms. The molecule has 3 aromatic rings. The summed E-state index contributed by atoms with van der Waals surface area (Å²) in [5, 5.41) is 9.11. The fourth-order valence-corrected chi connectivity index (χ4v) is 2.43. The zero-order valence-corrected chi connectivity index (χ0v) is 12.0. The van der Waals surface area contributed by atoms with Crippen molar-refractivity contribution >= 4 is 26.4 Å². The summed E-state index contributed by atoms with van der Waals surface area (Å²) in [6.07, 6.45) is 3.11. The summed E-state index contributed by atoms with van der Waals surface area (Å²) in [7, 11) is -2.25. The Morgan fingerprint density at radius 2 is 1.85 bits per heavy atom. The fourth-order valence-electron chi connectivity index (χ4n) is 1.96. The van der Waals surface area contributed by atoms with E-state index in [1.807, 2.05) is 36.4 Å². The molecule has 0 radical (unpaired) electrons. The molecule has 1 N–H and O–H groups in total. The Labute approximate surface area is 117 Å². The molecule has 0 saturated heterocycles. The first-order chi connectivity index (χ1) is 9.51. The smallest absolute Gasteiger partial charge is 0.257 e. The lowest BCUT2D eigenvalue weighted by atomic mass is 10.1. The summed E-state index contributed by atoms with van der Waals surface area (Å²) in [6, 6.07) is 14.2. The molecule has 2 aromatic carbocycles. The first-order valence-corrected chi connectivity index (χ1v) is 8.43. The molecule has 0 atom stereocenters. The number of rotatable bonds is 2. The van der Waals surface area contributed by atoms with E-state index in [-0.39, 0.29) is 5.95 Å². The van der Waals surface area contributed by atoms with Crippen LogP contribution in [0.3, 0.4) is 0 Å². The second-order valence-corrected chi connectivity index (χ2v) is 7.36. The predicted molar refractivity (Wildman–Crippen MR) is 81.4 cm³/mol. The highest BCUT2D eigenvalue weighted by atomic mass is 32.2. The molecule has 102 valence electrons. The third-order valence-corrected chi connectivity index (χ3v) is 3.40. The van der Waals surface area contributed by atoms with Gasteiger partial charge in [-0.05, 0) is 16.8 Å². The van der Waals surface area contributed by atoms with Gasteiger partial charge in [0, 0.05) is 27.8 Å². The lowest BCUT2D eigenvalue weighted by Gasteiger charge is -2.00. The lowest BCUT2D eigenvalue weighted by molar-refractivity contribution is 0.684. The first kappa shape index (κ1) is 12.8. The third-order valence-electron chi connectivity index (χ3n) is 2.80. The number of hydrogen-bond donors (Lipinski definition) is 1. The van der Waals surface area contributed by atoms with E-state index < -0.39 is 9.73 Å². The number of H-pyrrole nitrogens is 1. The lowest BCUT2D eigenvalue weighted by Crippen LogP contribution is -1.89. The highest BCUT2D eigenvalue weighted by Crippen LogP contribution is 2.23. The van der Waals surface area contributed by atoms with Crippen LogP contribution in [0.25, 0.3) is 22.2 Å². The molecule has 0 aliphatic carbocycles. The highest BCUT2D eigenvalue weighted by molar-refractivity contribution is 7.92. The van der Waals surface area contributed by atoms with Crippen molar-refractivity contribution < 1.29 is 4.21 Å². The maximum Gasteiger partial charge on any atom is 0.276 e. The molecule has 0 unspecified atom stereocenters. The molecule has 0 saturated carbocycles. The van der Waals surface area contributed by atoms with Crippen LogP contribution in [0, 0.1) is 0 Å². The SMILES string of the molecule is CS(C)(=O)=Nc1n[nH]c(-c2ccc3ccccc3c2)n1. The van der Waals surface area contributed by atoms with E-state index >= 15 is 0 Å². The van der Waals surface area contributed by atoms with Crippen LogP contribution in [0.1, 0.15) is 0 Å². The van der Waals surface area contributed by atoms with Crippen LogP contribution in [-0.2, 0) is 9.73 Å². The maximum absolute atomic E-state index is 11.6. The number of nitrogens with zero attached hydrogens (tertiary/aromatic N) is 3.